The number of rotatable bonds is 12. The number of amides is 3. The summed E-state index contributed by atoms with van der Waals surface area (Å²) in [5, 5.41) is 2.15. The summed E-state index contributed by atoms with van der Waals surface area (Å²) in [6.07, 6.45) is 3.95. The van der Waals surface area contributed by atoms with Gasteiger partial charge in [0, 0.05) is 6.54 Å². The van der Waals surface area contributed by atoms with Crippen LogP contribution in [0.4, 0.5) is 9.59 Å². The van der Waals surface area contributed by atoms with Gasteiger partial charge in [-0.2, -0.15) is 0 Å². The molecule has 1 unspecified atom stereocenters. The van der Waals surface area contributed by atoms with Gasteiger partial charge in [0.2, 0.25) is 0 Å². The standard InChI is InChI=1S/C28H38N2O4S/c1-5-6-7-16-29-27(32)30(28(33)35)18-23-8-10-24(11-9-23)19-34-26(31)21(4)25-14-12-22(13-15-25)17-20(2)3/h8-15,20-21H,5-7,16-19H2,1-4H3,(H,29,32)(H,33,35). The number of urea groups is 1. The molecular formula is C28H38N2O4S. The third-order valence-electron chi connectivity index (χ3n) is 5.75. The molecular weight excluding hydrogens is 460 g/mol. The number of benzene rings is 2. The molecule has 1 N–H and O–H groups in total. The highest BCUT2D eigenvalue weighted by molar-refractivity contribution is 7.96. The Morgan fingerprint density at radius 1 is 0.914 bits per heavy atom. The first-order chi connectivity index (χ1) is 16.7. The van der Waals surface area contributed by atoms with Gasteiger partial charge in [-0.15, -0.1) is 0 Å². The fourth-order valence-corrected chi connectivity index (χ4v) is 3.81. The van der Waals surface area contributed by atoms with E-state index in [0.29, 0.717) is 12.5 Å². The second-order valence-electron chi connectivity index (χ2n) is 9.29. The number of hydrogen-bond acceptors (Lipinski definition) is 4. The molecule has 0 saturated heterocycles. The number of nitrogens with one attached hydrogen (secondary N) is 1. The lowest BCUT2D eigenvalue weighted by Crippen LogP contribution is -2.41. The fourth-order valence-electron chi connectivity index (χ4n) is 3.64. The van der Waals surface area contributed by atoms with Gasteiger partial charge < -0.3 is 10.1 Å². The Morgan fingerprint density at radius 2 is 1.51 bits per heavy atom. The number of nitrogens with zero attached hydrogens (tertiary/aromatic N) is 1. The average molecular weight is 499 g/mol. The maximum absolute atomic E-state index is 12.5. The molecule has 2 rings (SSSR count). The van der Waals surface area contributed by atoms with E-state index in [-0.39, 0.29) is 25.0 Å². The van der Waals surface area contributed by atoms with Gasteiger partial charge in [-0.05, 0) is 47.9 Å². The maximum atomic E-state index is 12.5. The molecule has 0 radical (unpaired) electrons. The van der Waals surface area contributed by atoms with E-state index in [1.165, 1.54) is 5.56 Å². The van der Waals surface area contributed by atoms with Crippen LogP contribution in [0.1, 0.15) is 75.1 Å². The zero-order valence-corrected chi connectivity index (χ0v) is 22.1. The highest BCUT2D eigenvalue weighted by Crippen LogP contribution is 2.20. The van der Waals surface area contributed by atoms with E-state index < -0.39 is 11.3 Å². The van der Waals surface area contributed by atoms with Gasteiger partial charge in [0.15, 0.2) is 0 Å². The molecule has 0 spiro atoms. The normalized spacial score (nSPS) is 11.7. The largest absolute Gasteiger partial charge is 0.460 e. The highest BCUT2D eigenvalue weighted by atomic mass is 32.1. The van der Waals surface area contributed by atoms with Gasteiger partial charge in [0.05, 0.1) is 12.5 Å². The van der Waals surface area contributed by atoms with Crippen molar-refractivity contribution in [2.45, 2.75) is 72.4 Å². The summed E-state index contributed by atoms with van der Waals surface area (Å²) in [6.45, 7) is 9.09. The molecule has 0 aromatic heterocycles. The number of carbonyl (C=O) groups excluding carboxylic acids is 3. The molecule has 6 nitrogen and oxygen atoms in total. The summed E-state index contributed by atoms with van der Waals surface area (Å²) >= 11 is 3.84. The van der Waals surface area contributed by atoms with Crippen molar-refractivity contribution in [3.8, 4) is 0 Å². The second-order valence-corrected chi connectivity index (χ2v) is 9.68. The molecule has 0 aliphatic carbocycles. The van der Waals surface area contributed by atoms with Crippen molar-refractivity contribution >= 4 is 29.9 Å². The Bertz CT molecular complexity index is 958. The summed E-state index contributed by atoms with van der Waals surface area (Å²) < 4.78 is 5.52. The number of imide groups is 1. The van der Waals surface area contributed by atoms with Crippen molar-refractivity contribution in [1.29, 1.82) is 0 Å². The van der Waals surface area contributed by atoms with E-state index in [9.17, 15) is 14.4 Å². The monoisotopic (exact) mass is 498 g/mol. The van der Waals surface area contributed by atoms with Crippen LogP contribution in [0.25, 0.3) is 0 Å². The van der Waals surface area contributed by atoms with Gasteiger partial charge in [0.1, 0.15) is 6.61 Å². The number of ether oxygens (including phenoxy) is 1. The number of thiol groups is 1. The first-order valence-electron chi connectivity index (χ1n) is 12.3. The van der Waals surface area contributed by atoms with Crippen LogP contribution in [-0.4, -0.2) is 28.7 Å². The van der Waals surface area contributed by atoms with Crippen LogP contribution in [0.15, 0.2) is 48.5 Å². The number of carbonyl (C=O) groups is 3. The van der Waals surface area contributed by atoms with Crippen LogP contribution in [0, 0.1) is 5.92 Å². The van der Waals surface area contributed by atoms with Crippen LogP contribution in [0.3, 0.4) is 0 Å². The summed E-state index contributed by atoms with van der Waals surface area (Å²) in [5.74, 6) is -0.0470. The van der Waals surface area contributed by atoms with Gasteiger partial charge in [-0.3, -0.25) is 14.5 Å². The van der Waals surface area contributed by atoms with E-state index in [1.54, 1.807) is 0 Å². The molecule has 0 saturated carbocycles. The average Bonchev–Trinajstić information content (AvgIpc) is 2.83. The molecule has 1 atom stereocenters. The van der Waals surface area contributed by atoms with E-state index in [2.05, 4.69) is 50.8 Å². The smallest absolute Gasteiger partial charge is 0.325 e. The van der Waals surface area contributed by atoms with Crippen molar-refractivity contribution in [1.82, 2.24) is 10.2 Å². The quantitative estimate of drug-likeness (QED) is 0.199. The van der Waals surface area contributed by atoms with Crippen molar-refractivity contribution < 1.29 is 19.1 Å². The van der Waals surface area contributed by atoms with Crippen LogP contribution in [0.2, 0.25) is 0 Å². The summed E-state index contributed by atoms with van der Waals surface area (Å²) in [7, 11) is 0. The van der Waals surface area contributed by atoms with E-state index in [0.717, 1.165) is 47.3 Å². The first-order valence-corrected chi connectivity index (χ1v) is 12.8. The summed E-state index contributed by atoms with van der Waals surface area (Å²) in [4.78, 5) is 37.8. The molecule has 0 heterocycles. The third kappa shape index (κ3) is 9.76. The van der Waals surface area contributed by atoms with Gasteiger partial charge in [-0.1, -0.05) is 94.8 Å². The lowest BCUT2D eigenvalue weighted by atomic mass is 9.97. The third-order valence-corrected chi connectivity index (χ3v) is 6.00. The lowest BCUT2D eigenvalue weighted by Gasteiger charge is -2.19. The summed E-state index contributed by atoms with van der Waals surface area (Å²) in [5.41, 5.74) is 3.80. The molecule has 35 heavy (non-hydrogen) atoms. The number of esters is 1. The Kier molecular flexibility index (Phi) is 11.8. The molecule has 0 bridgehead atoms. The minimum Gasteiger partial charge on any atom is -0.460 e. The maximum Gasteiger partial charge on any atom is 0.325 e. The van der Waals surface area contributed by atoms with Crippen molar-refractivity contribution in [3.05, 3.63) is 70.8 Å². The molecule has 0 fully saturated rings. The summed E-state index contributed by atoms with van der Waals surface area (Å²) in [6, 6.07) is 15.0. The Morgan fingerprint density at radius 3 is 2.09 bits per heavy atom. The Balaban J connectivity index is 1.87. The van der Waals surface area contributed by atoms with Crippen LogP contribution < -0.4 is 5.32 Å². The molecule has 0 aliphatic heterocycles. The van der Waals surface area contributed by atoms with Crippen molar-refractivity contribution in [2.75, 3.05) is 6.54 Å². The van der Waals surface area contributed by atoms with Crippen LogP contribution in [-0.2, 0) is 29.1 Å². The van der Waals surface area contributed by atoms with Crippen LogP contribution in [0.5, 0.6) is 0 Å². The number of unbranched alkanes of at least 4 members (excludes halogenated alkanes) is 2. The molecule has 2 aromatic carbocycles. The highest BCUT2D eigenvalue weighted by Gasteiger charge is 2.19. The molecule has 0 aliphatic rings. The van der Waals surface area contributed by atoms with Gasteiger partial charge in [-0.25, -0.2) is 4.79 Å². The first kappa shape index (κ1) is 28.4. The zero-order chi connectivity index (χ0) is 25.8. The van der Waals surface area contributed by atoms with Crippen molar-refractivity contribution in [2.24, 2.45) is 5.92 Å². The predicted molar refractivity (Wildman–Crippen MR) is 142 cm³/mol. The molecule has 190 valence electrons. The Hall–Kier alpha value is -2.80. The second kappa shape index (κ2) is 14.6. The van der Waals surface area contributed by atoms with Crippen molar-refractivity contribution in [3.63, 3.8) is 0 Å². The minimum absolute atomic E-state index is 0.117. The molecule has 2 aromatic rings. The van der Waals surface area contributed by atoms with E-state index in [1.807, 2.05) is 43.3 Å². The topological polar surface area (TPSA) is 75.7 Å². The fraction of sp³-hybridized carbons (Fsp3) is 0.464. The SMILES string of the molecule is CCCCCNC(=O)N(Cc1ccc(COC(=O)C(C)c2ccc(CC(C)C)cc2)cc1)C(=O)S. The zero-order valence-electron chi connectivity index (χ0n) is 21.3. The van der Waals surface area contributed by atoms with Gasteiger partial charge in [0.25, 0.3) is 5.24 Å². The van der Waals surface area contributed by atoms with E-state index >= 15 is 0 Å². The minimum atomic E-state index is -0.609. The Labute approximate surface area is 214 Å². The van der Waals surface area contributed by atoms with Gasteiger partial charge >= 0.3 is 12.0 Å². The number of hydrogen-bond donors (Lipinski definition) is 2. The van der Waals surface area contributed by atoms with E-state index in [4.69, 9.17) is 4.74 Å². The van der Waals surface area contributed by atoms with Crippen LogP contribution >= 0.6 is 12.6 Å². The molecule has 3 amide bonds. The predicted octanol–water partition coefficient (Wildman–Crippen LogP) is 6.48. The lowest BCUT2D eigenvalue weighted by molar-refractivity contribution is -0.146. The molecule has 7 heteroatoms.